The van der Waals surface area contributed by atoms with Crippen molar-refractivity contribution in [1.29, 1.82) is 0 Å². The predicted molar refractivity (Wildman–Crippen MR) is 368 cm³/mol. The van der Waals surface area contributed by atoms with Crippen LogP contribution in [0, 0.1) is 11.8 Å². The summed E-state index contributed by atoms with van der Waals surface area (Å²) in [5, 5.41) is 10.6. The van der Waals surface area contributed by atoms with Gasteiger partial charge >= 0.3 is 39.5 Å². The molecule has 0 radical (unpaired) electrons. The van der Waals surface area contributed by atoms with Crippen molar-refractivity contribution < 1.29 is 80.2 Å². The van der Waals surface area contributed by atoms with Crippen molar-refractivity contribution in [2.45, 2.75) is 387 Å². The smallest absolute Gasteiger partial charge is 0.462 e. The van der Waals surface area contributed by atoms with Crippen LogP contribution in [0.2, 0.25) is 0 Å². The van der Waals surface area contributed by atoms with Gasteiger partial charge in [-0.25, -0.2) is 9.13 Å². The molecule has 0 amide bonds. The van der Waals surface area contributed by atoms with Crippen molar-refractivity contribution in [3.63, 3.8) is 0 Å². The van der Waals surface area contributed by atoms with Crippen molar-refractivity contribution in [1.82, 2.24) is 0 Å². The third kappa shape index (κ3) is 65.1. The first-order valence-corrected chi connectivity index (χ1v) is 40.5. The van der Waals surface area contributed by atoms with Gasteiger partial charge in [0.15, 0.2) is 12.2 Å². The van der Waals surface area contributed by atoms with Crippen LogP contribution in [0.5, 0.6) is 0 Å². The first-order chi connectivity index (χ1) is 43.9. The molecular formula is C72H140O17P2. The number of aliphatic hydroxyl groups excluding tert-OH is 1. The molecule has 540 valence electrons. The highest BCUT2D eigenvalue weighted by molar-refractivity contribution is 7.47. The van der Waals surface area contributed by atoms with Gasteiger partial charge in [-0.15, -0.1) is 0 Å². The number of carbonyl (C=O) groups excluding carboxylic acids is 4. The van der Waals surface area contributed by atoms with E-state index in [1.807, 2.05) is 0 Å². The molecule has 3 N–H and O–H groups in total. The predicted octanol–water partition coefficient (Wildman–Crippen LogP) is 20.8. The normalized spacial score (nSPS) is 14.4. The highest BCUT2D eigenvalue weighted by Crippen LogP contribution is 2.45. The maximum atomic E-state index is 13.0. The lowest BCUT2D eigenvalue weighted by molar-refractivity contribution is -0.161. The van der Waals surface area contributed by atoms with Gasteiger partial charge in [0.2, 0.25) is 0 Å². The molecule has 19 heteroatoms. The number of ether oxygens (including phenoxy) is 4. The second-order valence-corrected chi connectivity index (χ2v) is 29.6. The Kier molecular flexibility index (Phi) is 62.7. The van der Waals surface area contributed by atoms with Crippen LogP contribution >= 0.6 is 15.6 Å². The third-order valence-corrected chi connectivity index (χ3v) is 19.0. The van der Waals surface area contributed by atoms with Gasteiger partial charge in [0.25, 0.3) is 0 Å². The number of phosphoric acid groups is 2. The monoisotopic (exact) mass is 1340 g/mol. The fraction of sp³-hybridized carbons (Fsp3) is 0.944. The van der Waals surface area contributed by atoms with Crippen molar-refractivity contribution in [3.8, 4) is 0 Å². The Morgan fingerprint density at radius 1 is 0.319 bits per heavy atom. The van der Waals surface area contributed by atoms with E-state index in [-0.39, 0.29) is 25.7 Å². The van der Waals surface area contributed by atoms with Crippen LogP contribution in [0.3, 0.4) is 0 Å². The fourth-order valence-electron chi connectivity index (χ4n) is 10.9. The molecule has 0 bridgehead atoms. The van der Waals surface area contributed by atoms with Gasteiger partial charge in [-0.3, -0.25) is 37.3 Å². The van der Waals surface area contributed by atoms with E-state index in [2.05, 4.69) is 41.5 Å². The summed E-state index contributed by atoms with van der Waals surface area (Å²) in [7, 11) is -9.89. The largest absolute Gasteiger partial charge is 0.472 e. The molecular weight excluding hydrogens is 1200 g/mol. The van der Waals surface area contributed by atoms with Crippen LogP contribution in [0.15, 0.2) is 0 Å². The average Bonchev–Trinajstić information content (AvgIpc) is 3.24. The summed E-state index contributed by atoms with van der Waals surface area (Å²) in [5.41, 5.74) is 0. The molecule has 3 unspecified atom stereocenters. The second kappa shape index (κ2) is 64.1. The molecule has 0 aliphatic carbocycles. The van der Waals surface area contributed by atoms with Crippen LogP contribution in [0.1, 0.15) is 369 Å². The average molecular weight is 1340 g/mol. The van der Waals surface area contributed by atoms with Crippen molar-refractivity contribution >= 4 is 39.5 Å². The van der Waals surface area contributed by atoms with Gasteiger partial charge < -0.3 is 33.8 Å². The standard InChI is InChI=1S/C72H140O17P2/c1-7-10-12-14-15-16-17-18-19-20-21-22-23-24-25-26-27-32-38-44-50-56-71(76)89-68(61-83-70(75)55-49-43-37-31-29-28-30-35-41-46-52-64(4)5)63-87-91(80,81)85-59-66(73)58-84-90(78,79)86-62-67(60-82-69(74)54-48-40-13-11-8-2)88-72(77)57-51-45-39-34-33-36-42-47-53-65(6)9-3/h64-68,73H,7-63H2,1-6H3,(H,78,79)(H,80,81)/t65?,66-,67+,68+/m0/s1. The number of carbonyl (C=O) groups is 4. The molecule has 0 spiro atoms. The van der Waals surface area contributed by atoms with Crippen LogP contribution in [-0.4, -0.2) is 96.7 Å². The number of aliphatic hydroxyl groups is 1. The Morgan fingerprint density at radius 2 is 0.560 bits per heavy atom. The number of phosphoric ester groups is 2. The number of hydrogen-bond acceptors (Lipinski definition) is 15. The molecule has 0 saturated carbocycles. The van der Waals surface area contributed by atoms with Gasteiger partial charge in [-0.2, -0.15) is 0 Å². The quantitative estimate of drug-likeness (QED) is 0.0222. The highest BCUT2D eigenvalue weighted by atomic mass is 31.2. The summed E-state index contributed by atoms with van der Waals surface area (Å²) in [6.07, 6.45) is 50.5. The molecule has 0 aliphatic rings. The zero-order valence-electron chi connectivity index (χ0n) is 59.1. The Balaban J connectivity index is 5.12. The summed E-state index contributed by atoms with van der Waals surface area (Å²) in [6, 6.07) is 0. The molecule has 0 aromatic carbocycles. The lowest BCUT2D eigenvalue weighted by atomic mass is 9.99. The zero-order chi connectivity index (χ0) is 67.2. The molecule has 17 nitrogen and oxygen atoms in total. The molecule has 0 saturated heterocycles. The molecule has 0 rings (SSSR count). The Hall–Kier alpha value is -1.94. The summed E-state index contributed by atoms with van der Waals surface area (Å²) < 4.78 is 68.1. The zero-order valence-corrected chi connectivity index (χ0v) is 60.9. The minimum atomic E-state index is -4.95. The van der Waals surface area contributed by atoms with Gasteiger partial charge in [0.05, 0.1) is 26.4 Å². The van der Waals surface area contributed by atoms with Crippen molar-refractivity contribution in [3.05, 3.63) is 0 Å². The highest BCUT2D eigenvalue weighted by Gasteiger charge is 2.30. The number of esters is 4. The Labute approximate surface area is 556 Å². The summed E-state index contributed by atoms with van der Waals surface area (Å²) in [4.78, 5) is 72.3. The maximum absolute atomic E-state index is 13.0. The minimum Gasteiger partial charge on any atom is -0.462 e. The molecule has 0 heterocycles. The lowest BCUT2D eigenvalue weighted by Crippen LogP contribution is -2.30. The van der Waals surface area contributed by atoms with Gasteiger partial charge in [-0.05, 0) is 37.5 Å². The van der Waals surface area contributed by atoms with Gasteiger partial charge in [0.1, 0.15) is 19.3 Å². The maximum Gasteiger partial charge on any atom is 0.472 e. The lowest BCUT2D eigenvalue weighted by Gasteiger charge is -2.21. The van der Waals surface area contributed by atoms with Crippen LogP contribution in [-0.2, 0) is 65.4 Å². The van der Waals surface area contributed by atoms with E-state index in [4.69, 9.17) is 37.0 Å². The Bertz CT molecular complexity index is 1770. The molecule has 0 aromatic heterocycles. The van der Waals surface area contributed by atoms with Crippen molar-refractivity contribution in [2.24, 2.45) is 11.8 Å². The molecule has 6 atom stereocenters. The third-order valence-electron chi connectivity index (χ3n) is 17.1. The van der Waals surface area contributed by atoms with E-state index >= 15 is 0 Å². The first kappa shape index (κ1) is 89.1. The van der Waals surface area contributed by atoms with Gasteiger partial charge in [0, 0.05) is 25.7 Å². The van der Waals surface area contributed by atoms with E-state index < -0.39 is 97.5 Å². The van der Waals surface area contributed by atoms with Gasteiger partial charge in [-0.1, -0.05) is 318 Å². The van der Waals surface area contributed by atoms with E-state index in [1.165, 1.54) is 180 Å². The SMILES string of the molecule is CCCCCCCCCCCCCCCCCCCCCCCC(=O)O[C@H](COC(=O)CCCCCCCCCCCCC(C)C)COP(=O)(O)OC[C@@H](O)COP(=O)(O)OC[C@@H](COC(=O)CCCCCCC)OC(=O)CCCCCCCCCCC(C)CC. The van der Waals surface area contributed by atoms with E-state index in [9.17, 15) is 43.2 Å². The van der Waals surface area contributed by atoms with E-state index in [0.29, 0.717) is 25.7 Å². The molecule has 0 aromatic rings. The second-order valence-electron chi connectivity index (χ2n) is 26.7. The van der Waals surface area contributed by atoms with Crippen LogP contribution in [0.4, 0.5) is 0 Å². The van der Waals surface area contributed by atoms with Crippen LogP contribution in [0.25, 0.3) is 0 Å². The summed E-state index contributed by atoms with van der Waals surface area (Å²) in [5.74, 6) is -0.607. The summed E-state index contributed by atoms with van der Waals surface area (Å²) >= 11 is 0. The van der Waals surface area contributed by atoms with Crippen molar-refractivity contribution in [2.75, 3.05) is 39.6 Å². The van der Waals surface area contributed by atoms with E-state index in [1.54, 1.807) is 0 Å². The van der Waals surface area contributed by atoms with E-state index in [0.717, 1.165) is 108 Å². The molecule has 0 fully saturated rings. The topological polar surface area (TPSA) is 237 Å². The number of hydrogen-bond donors (Lipinski definition) is 3. The first-order valence-electron chi connectivity index (χ1n) is 37.5. The molecule has 0 aliphatic heterocycles. The number of rotatable bonds is 71. The van der Waals surface area contributed by atoms with Crippen LogP contribution < -0.4 is 0 Å². The molecule has 91 heavy (non-hydrogen) atoms. The fourth-order valence-corrected chi connectivity index (χ4v) is 12.5. The summed E-state index contributed by atoms with van der Waals surface area (Å²) in [6.45, 7) is 9.46. The minimum absolute atomic E-state index is 0.104. The number of unbranched alkanes of at least 4 members (excludes halogenated alkanes) is 40. The Morgan fingerprint density at radius 3 is 0.835 bits per heavy atom.